The summed E-state index contributed by atoms with van der Waals surface area (Å²) in [5.41, 5.74) is 7.49. The van der Waals surface area contributed by atoms with Gasteiger partial charge in [0, 0.05) is 4.47 Å². The van der Waals surface area contributed by atoms with Gasteiger partial charge in [0.2, 0.25) is 0 Å². The van der Waals surface area contributed by atoms with Gasteiger partial charge < -0.3 is 5.73 Å². The van der Waals surface area contributed by atoms with Gasteiger partial charge >= 0.3 is 0 Å². The molecule has 16 heavy (non-hydrogen) atoms. The fraction of sp³-hybridized carbons (Fsp3) is 0.182. The zero-order valence-electron chi connectivity index (χ0n) is 8.83. The van der Waals surface area contributed by atoms with Gasteiger partial charge in [-0.25, -0.2) is 4.68 Å². The molecule has 0 spiro atoms. The molecule has 1 aromatic carbocycles. The normalized spacial score (nSPS) is 10.6. The second-order valence-electron chi connectivity index (χ2n) is 3.67. The maximum absolute atomic E-state index is 11.7. The number of nitrogens with two attached hydrogens (primary N) is 1. The standard InChI is InChI=1S/C11H12BrN3O/c1-7-10(13)11(16)15(14-7)6-8-2-4-9(12)5-3-8/h2-5,14H,6,13H2,1H3. The molecule has 1 aromatic heterocycles. The Bertz CT molecular complexity index is 554. The third kappa shape index (κ3) is 2.04. The number of hydrogen-bond donors (Lipinski definition) is 2. The SMILES string of the molecule is Cc1[nH]n(Cc2ccc(Br)cc2)c(=O)c1N. The topological polar surface area (TPSA) is 63.8 Å². The number of nitrogen functional groups attached to an aromatic ring is 1. The number of nitrogens with one attached hydrogen (secondary N) is 1. The summed E-state index contributed by atoms with van der Waals surface area (Å²) in [6.45, 7) is 2.29. The van der Waals surface area contributed by atoms with Crippen molar-refractivity contribution in [1.82, 2.24) is 9.78 Å². The van der Waals surface area contributed by atoms with E-state index in [9.17, 15) is 4.79 Å². The van der Waals surface area contributed by atoms with Crippen LogP contribution in [-0.2, 0) is 6.54 Å². The quantitative estimate of drug-likeness (QED) is 0.883. The molecule has 3 N–H and O–H groups in total. The Labute approximate surface area is 101 Å². The molecule has 0 aliphatic carbocycles. The van der Waals surface area contributed by atoms with Crippen molar-refractivity contribution in [2.75, 3.05) is 5.73 Å². The van der Waals surface area contributed by atoms with E-state index >= 15 is 0 Å². The van der Waals surface area contributed by atoms with Crippen LogP contribution < -0.4 is 11.3 Å². The minimum atomic E-state index is -0.166. The van der Waals surface area contributed by atoms with Crippen LogP contribution in [0.25, 0.3) is 0 Å². The molecule has 5 heteroatoms. The zero-order valence-corrected chi connectivity index (χ0v) is 10.4. The van der Waals surface area contributed by atoms with Crippen molar-refractivity contribution in [2.45, 2.75) is 13.5 Å². The zero-order chi connectivity index (χ0) is 11.7. The molecule has 0 radical (unpaired) electrons. The average Bonchev–Trinajstić information content (AvgIpc) is 2.50. The van der Waals surface area contributed by atoms with Crippen LogP contribution in [0, 0.1) is 6.92 Å². The van der Waals surface area contributed by atoms with Crippen LogP contribution in [0.1, 0.15) is 11.3 Å². The molecule has 0 aliphatic heterocycles. The van der Waals surface area contributed by atoms with Crippen LogP contribution >= 0.6 is 15.9 Å². The van der Waals surface area contributed by atoms with Crippen LogP contribution in [0.3, 0.4) is 0 Å². The molecule has 0 bridgehead atoms. The summed E-state index contributed by atoms with van der Waals surface area (Å²) >= 11 is 3.36. The highest BCUT2D eigenvalue weighted by Gasteiger charge is 2.07. The van der Waals surface area contributed by atoms with E-state index in [-0.39, 0.29) is 11.2 Å². The van der Waals surface area contributed by atoms with E-state index < -0.39 is 0 Å². The Morgan fingerprint density at radius 2 is 2.00 bits per heavy atom. The summed E-state index contributed by atoms with van der Waals surface area (Å²) in [6, 6.07) is 7.81. The number of aryl methyl sites for hydroxylation is 1. The monoisotopic (exact) mass is 281 g/mol. The summed E-state index contributed by atoms with van der Waals surface area (Å²) in [4.78, 5) is 11.7. The van der Waals surface area contributed by atoms with E-state index in [1.165, 1.54) is 4.68 Å². The summed E-state index contributed by atoms with van der Waals surface area (Å²) in [6.07, 6.45) is 0. The fourth-order valence-electron chi connectivity index (χ4n) is 1.50. The maximum atomic E-state index is 11.7. The molecule has 0 fully saturated rings. The van der Waals surface area contributed by atoms with Crippen LogP contribution in [-0.4, -0.2) is 9.78 Å². The largest absolute Gasteiger partial charge is 0.393 e. The van der Waals surface area contributed by atoms with Crippen molar-refractivity contribution in [1.29, 1.82) is 0 Å². The molecule has 0 saturated heterocycles. The molecule has 4 nitrogen and oxygen atoms in total. The van der Waals surface area contributed by atoms with E-state index in [0.29, 0.717) is 12.2 Å². The van der Waals surface area contributed by atoms with Gasteiger partial charge in [-0.05, 0) is 24.6 Å². The predicted octanol–water partition coefficient (Wildman–Crippen LogP) is 1.88. The van der Waals surface area contributed by atoms with Crippen LogP contribution in [0.2, 0.25) is 0 Å². The van der Waals surface area contributed by atoms with Gasteiger partial charge in [-0.2, -0.15) is 0 Å². The molecule has 0 unspecified atom stereocenters. The van der Waals surface area contributed by atoms with Crippen molar-refractivity contribution >= 4 is 21.6 Å². The second kappa shape index (κ2) is 4.17. The number of aromatic amines is 1. The van der Waals surface area contributed by atoms with Gasteiger partial charge in [0.1, 0.15) is 5.69 Å². The summed E-state index contributed by atoms with van der Waals surface area (Å²) in [5, 5.41) is 2.94. The van der Waals surface area contributed by atoms with Crippen molar-refractivity contribution < 1.29 is 0 Å². The Balaban J connectivity index is 2.30. The summed E-state index contributed by atoms with van der Waals surface area (Å²) < 4.78 is 2.53. The van der Waals surface area contributed by atoms with E-state index in [2.05, 4.69) is 21.0 Å². The first-order chi connectivity index (χ1) is 7.58. The van der Waals surface area contributed by atoms with Gasteiger partial charge in [0.25, 0.3) is 5.56 Å². The first kappa shape index (κ1) is 11.0. The number of benzene rings is 1. The third-order valence-corrected chi connectivity index (χ3v) is 2.96. The number of halogens is 1. The van der Waals surface area contributed by atoms with E-state index in [1.807, 2.05) is 24.3 Å². The maximum Gasteiger partial charge on any atom is 0.290 e. The van der Waals surface area contributed by atoms with E-state index in [0.717, 1.165) is 10.0 Å². The lowest BCUT2D eigenvalue weighted by Crippen LogP contribution is -2.19. The summed E-state index contributed by atoms with van der Waals surface area (Å²) in [5.74, 6) is 0. The van der Waals surface area contributed by atoms with Gasteiger partial charge in [-0.15, -0.1) is 0 Å². The number of aromatic nitrogens is 2. The molecule has 2 rings (SSSR count). The summed E-state index contributed by atoms with van der Waals surface area (Å²) in [7, 11) is 0. The minimum Gasteiger partial charge on any atom is -0.393 e. The molecule has 2 aromatic rings. The Morgan fingerprint density at radius 3 is 2.50 bits per heavy atom. The highest BCUT2D eigenvalue weighted by atomic mass is 79.9. The van der Waals surface area contributed by atoms with Crippen molar-refractivity contribution in [3.63, 3.8) is 0 Å². The Hall–Kier alpha value is -1.49. The first-order valence-electron chi connectivity index (χ1n) is 4.87. The number of hydrogen-bond acceptors (Lipinski definition) is 2. The van der Waals surface area contributed by atoms with Gasteiger partial charge in [0.15, 0.2) is 0 Å². The van der Waals surface area contributed by atoms with Crippen molar-refractivity contribution in [3.05, 3.63) is 50.3 Å². The molecular formula is C11H12BrN3O. The highest BCUT2D eigenvalue weighted by Crippen LogP contribution is 2.11. The van der Waals surface area contributed by atoms with Gasteiger partial charge in [-0.3, -0.25) is 9.89 Å². The lowest BCUT2D eigenvalue weighted by Gasteiger charge is -2.02. The average molecular weight is 282 g/mol. The number of rotatable bonds is 2. The smallest absolute Gasteiger partial charge is 0.290 e. The lowest BCUT2D eigenvalue weighted by molar-refractivity contribution is 0.658. The highest BCUT2D eigenvalue weighted by molar-refractivity contribution is 9.10. The van der Waals surface area contributed by atoms with Crippen LogP contribution in [0.4, 0.5) is 5.69 Å². The Morgan fingerprint density at radius 1 is 1.38 bits per heavy atom. The van der Waals surface area contributed by atoms with Gasteiger partial charge in [0.05, 0.1) is 12.2 Å². The van der Waals surface area contributed by atoms with E-state index in [4.69, 9.17) is 5.73 Å². The number of anilines is 1. The fourth-order valence-corrected chi connectivity index (χ4v) is 1.77. The van der Waals surface area contributed by atoms with Crippen LogP contribution in [0.5, 0.6) is 0 Å². The lowest BCUT2D eigenvalue weighted by atomic mass is 10.2. The van der Waals surface area contributed by atoms with Crippen LogP contribution in [0.15, 0.2) is 33.5 Å². The molecule has 0 saturated carbocycles. The Kier molecular flexibility index (Phi) is 2.87. The third-order valence-electron chi connectivity index (χ3n) is 2.44. The molecule has 0 amide bonds. The minimum absolute atomic E-state index is 0.166. The molecule has 0 aliphatic rings. The second-order valence-corrected chi connectivity index (χ2v) is 4.58. The first-order valence-corrected chi connectivity index (χ1v) is 5.66. The number of nitrogens with zero attached hydrogens (tertiary/aromatic N) is 1. The van der Waals surface area contributed by atoms with Crippen molar-refractivity contribution in [2.24, 2.45) is 0 Å². The number of H-pyrrole nitrogens is 1. The van der Waals surface area contributed by atoms with Crippen molar-refractivity contribution in [3.8, 4) is 0 Å². The molecule has 1 heterocycles. The predicted molar refractivity (Wildman–Crippen MR) is 67.4 cm³/mol. The van der Waals surface area contributed by atoms with E-state index in [1.54, 1.807) is 6.92 Å². The molecule has 0 atom stereocenters. The molecular weight excluding hydrogens is 270 g/mol. The molecule has 84 valence electrons. The van der Waals surface area contributed by atoms with Gasteiger partial charge in [-0.1, -0.05) is 28.1 Å².